The van der Waals surface area contributed by atoms with Crippen molar-refractivity contribution in [2.45, 2.75) is 13.5 Å². The molecule has 0 unspecified atom stereocenters. The highest BCUT2D eigenvalue weighted by Gasteiger charge is 2.14. The number of rotatable bonds is 4. The lowest BCUT2D eigenvalue weighted by Crippen LogP contribution is -2.11. The van der Waals surface area contributed by atoms with Crippen LogP contribution >= 0.6 is 0 Å². The maximum absolute atomic E-state index is 13.6. The van der Waals surface area contributed by atoms with E-state index in [1.54, 1.807) is 12.1 Å². The largest absolute Gasteiger partial charge is 0.467 e. The van der Waals surface area contributed by atoms with Gasteiger partial charge in [0, 0.05) is 11.1 Å². The van der Waals surface area contributed by atoms with E-state index < -0.39 is 11.6 Å². The zero-order chi connectivity index (χ0) is 12.3. The van der Waals surface area contributed by atoms with Crippen molar-refractivity contribution in [3.8, 4) is 11.1 Å². The molecule has 90 valence electrons. The summed E-state index contributed by atoms with van der Waals surface area (Å²) in [5.41, 5.74) is 0.814. The minimum atomic E-state index is -0.849. The molecule has 1 heterocycles. The highest BCUT2D eigenvalue weighted by atomic mass is 19.2. The molecule has 2 aromatic rings. The first kappa shape index (κ1) is 11.8. The summed E-state index contributed by atoms with van der Waals surface area (Å²) < 4.78 is 32.0. The van der Waals surface area contributed by atoms with Crippen LogP contribution in [0.1, 0.15) is 12.7 Å². The first-order valence-corrected chi connectivity index (χ1v) is 5.45. The van der Waals surface area contributed by atoms with Crippen molar-refractivity contribution in [2.24, 2.45) is 0 Å². The number of halogens is 2. The van der Waals surface area contributed by atoms with E-state index in [2.05, 4.69) is 5.32 Å². The van der Waals surface area contributed by atoms with Crippen LogP contribution in [-0.4, -0.2) is 6.54 Å². The third-order valence-electron chi connectivity index (χ3n) is 2.52. The molecule has 0 saturated heterocycles. The molecule has 0 aliphatic heterocycles. The quantitative estimate of drug-likeness (QED) is 0.882. The second kappa shape index (κ2) is 5.10. The van der Waals surface area contributed by atoms with E-state index >= 15 is 0 Å². The summed E-state index contributed by atoms with van der Waals surface area (Å²) in [6.45, 7) is 3.24. The Balaban J connectivity index is 2.39. The Morgan fingerprint density at radius 3 is 2.76 bits per heavy atom. The van der Waals surface area contributed by atoms with Crippen LogP contribution in [0.15, 0.2) is 34.9 Å². The van der Waals surface area contributed by atoms with Crippen LogP contribution in [0, 0.1) is 11.6 Å². The van der Waals surface area contributed by atoms with Crippen molar-refractivity contribution >= 4 is 0 Å². The first-order chi connectivity index (χ1) is 8.24. The predicted molar refractivity (Wildman–Crippen MR) is 61.4 cm³/mol. The summed E-state index contributed by atoms with van der Waals surface area (Å²) in [6.07, 6.45) is 1.48. The summed E-state index contributed by atoms with van der Waals surface area (Å²) in [6, 6.07) is 5.77. The number of benzene rings is 1. The maximum Gasteiger partial charge on any atom is 0.166 e. The fraction of sp³-hybridized carbons (Fsp3) is 0.231. The Kier molecular flexibility index (Phi) is 3.54. The molecule has 1 N–H and O–H groups in total. The van der Waals surface area contributed by atoms with Gasteiger partial charge in [-0.2, -0.15) is 0 Å². The highest BCUT2D eigenvalue weighted by molar-refractivity contribution is 5.66. The smallest absolute Gasteiger partial charge is 0.166 e. The summed E-state index contributed by atoms with van der Waals surface area (Å²) in [5.74, 6) is -1.08. The Morgan fingerprint density at radius 1 is 1.18 bits per heavy atom. The summed E-state index contributed by atoms with van der Waals surface area (Å²) in [5, 5.41) is 3.08. The molecule has 0 radical (unpaired) electrons. The van der Waals surface area contributed by atoms with Crippen molar-refractivity contribution < 1.29 is 13.2 Å². The number of nitrogens with one attached hydrogen (secondary N) is 1. The van der Waals surface area contributed by atoms with Gasteiger partial charge in [-0.3, -0.25) is 0 Å². The average molecular weight is 237 g/mol. The fourth-order valence-corrected chi connectivity index (χ4v) is 1.67. The first-order valence-electron chi connectivity index (χ1n) is 5.45. The zero-order valence-electron chi connectivity index (χ0n) is 9.47. The molecule has 17 heavy (non-hydrogen) atoms. The van der Waals surface area contributed by atoms with Gasteiger partial charge in [0.25, 0.3) is 0 Å². The lowest BCUT2D eigenvalue weighted by Gasteiger charge is -2.05. The van der Waals surface area contributed by atoms with Crippen LogP contribution in [0.4, 0.5) is 8.78 Å². The number of furan rings is 1. The normalized spacial score (nSPS) is 10.8. The fourth-order valence-electron chi connectivity index (χ4n) is 1.67. The molecule has 0 saturated carbocycles. The molecule has 1 aromatic heterocycles. The van der Waals surface area contributed by atoms with Gasteiger partial charge >= 0.3 is 0 Å². The zero-order valence-corrected chi connectivity index (χ0v) is 9.47. The van der Waals surface area contributed by atoms with Crippen molar-refractivity contribution in [3.05, 3.63) is 47.9 Å². The van der Waals surface area contributed by atoms with E-state index in [1.165, 1.54) is 12.3 Å². The molecule has 0 atom stereocenters. The molecule has 0 bridgehead atoms. The van der Waals surface area contributed by atoms with Crippen LogP contribution in [0.2, 0.25) is 0 Å². The van der Waals surface area contributed by atoms with E-state index in [0.29, 0.717) is 17.9 Å². The Bertz CT molecular complexity index is 508. The summed E-state index contributed by atoms with van der Waals surface area (Å²) in [4.78, 5) is 0. The molecule has 2 nitrogen and oxygen atoms in total. The Hall–Kier alpha value is -1.68. The maximum atomic E-state index is 13.6. The molecule has 2 rings (SSSR count). The number of hydrogen-bond donors (Lipinski definition) is 1. The van der Waals surface area contributed by atoms with Crippen LogP contribution in [-0.2, 0) is 6.54 Å². The second-order valence-corrected chi connectivity index (χ2v) is 3.64. The van der Waals surface area contributed by atoms with Gasteiger partial charge in [0.1, 0.15) is 5.76 Å². The molecule has 1 aromatic carbocycles. The highest BCUT2D eigenvalue weighted by Crippen LogP contribution is 2.28. The van der Waals surface area contributed by atoms with Gasteiger partial charge in [-0.05, 0) is 18.7 Å². The van der Waals surface area contributed by atoms with E-state index in [-0.39, 0.29) is 5.56 Å². The molecule has 0 fully saturated rings. The van der Waals surface area contributed by atoms with Gasteiger partial charge < -0.3 is 9.73 Å². The van der Waals surface area contributed by atoms with Crippen LogP contribution < -0.4 is 5.32 Å². The third kappa shape index (κ3) is 2.36. The van der Waals surface area contributed by atoms with E-state index in [4.69, 9.17) is 4.42 Å². The standard InChI is InChI=1S/C13H13F2NO/c1-2-16-8-12-9(6-7-17-12)10-4-3-5-11(14)13(10)15/h3-7,16H,2,8H2,1H3. The lowest BCUT2D eigenvalue weighted by molar-refractivity contribution is 0.487. The molecular weight excluding hydrogens is 224 g/mol. The topological polar surface area (TPSA) is 25.2 Å². The van der Waals surface area contributed by atoms with Crippen LogP contribution in [0.5, 0.6) is 0 Å². The minimum absolute atomic E-state index is 0.228. The van der Waals surface area contributed by atoms with Gasteiger partial charge in [-0.1, -0.05) is 19.1 Å². The van der Waals surface area contributed by atoms with Gasteiger partial charge in [0.05, 0.1) is 12.8 Å². The average Bonchev–Trinajstić information content (AvgIpc) is 2.78. The minimum Gasteiger partial charge on any atom is -0.467 e. The summed E-state index contributed by atoms with van der Waals surface area (Å²) in [7, 11) is 0. The Labute approximate surface area is 98.3 Å². The van der Waals surface area contributed by atoms with Crippen molar-refractivity contribution in [3.63, 3.8) is 0 Å². The van der Waals surface area contributed by atoms with Crippen LogP contribution in [0.3, 0.4) is 0 Å². The monoisotopic (exact) mass is 237 g/mol. The molecular formula is C13H13F2NO. The van der Waals surface area contributed by atoms with Crippen molar-refractivity contribution in [1.29, 1.82) is 0 Å². The number of hydrogen-bond acceptors (Lipinski definition) is 2. The molecule has 4 heteroatoms. The van der Waals surface area contributed by atoms with Crippen LogP contribution in [0.25, 0.3) is 11.1 Å². The van der Waals surface area contributed by atoms with E-state index in [9.17, 15) is 8.78 Å². The predicted octanol–water partition coefficient (Wildman–Crippen LogP) is 3.33. The van der Waals surface area contributed by atoms with E-state index in [0.717, 1.165) is 12.6 Å². The summed E-state index contributed by atoms with van der Waals surface area (Å²) >= 11 is 0. The molecule has 0 aliphatic rings. The van der Waals surface area contributed by atoms with E-state index in [1.807, 2.05) is 6.92 Å². The van der Waals surface area contributed by atoms with Gasteiger partial charge in [0.15, 0.2) is 11.6 Å². The SMILES string of the molecule is CCNCc1occc1-c1cccc(F)c1F. The van der Waals surface area contributed by atoms with Gasteiger partial charge in [-0.25, -0.2) is 8.78 Å². The second-order valence-electron chi connectivity index (χ2n) is 3.64. The molecule has 0 aliphatic carbocycles. The lowest BCUT2D eigenvalue weighted by atomic mass is 10.1. The van der Waals surface area contributed by atoms with Gasteiger partial charge in [0.2, 0.25) is 0 Å². The Morgan fingerprint density at radius 2 is 2.00 bits per heavy atom. The van der Waals surface area contributed by atoms with Crippen molar-refractivity contribution in [1.82, 2.24) is 5.32 Å². The molecule has 0 amide bonds. The van der Waals surface area contributed by atoms with Crippen molar-refractivity contribution in [2.75, 3.05) is 6.54 Å². The third-order valence-corrected chi connectivity index (χ3v) is 2.52. The van der Waals surface area contributed by atoms with Gasteiger partial charge in [-0.15, -0.1) is 0 Å². The molecule has 0 spiro atoms.